The molecule has 3 aromatic carbocycles. The zero-order valence-corrected chi connectivity index (χ0v) is 16.3. The Bertz CT molecular complexity index is 1100. The van der Waals surface area contributed by atoms with Crippen LogP contribution >= 0.6 is 0 Å². The Morgan fingerprint density at radius 2 is 1.61 bits per heavy atom. The normalized spacial score (nSPS) is 11.5. The molecule has 0 atom stereocenters. The lowest BCUT2D eigenvalue weighted by Crippen LogP contribution is -2.21. The molecule has 0 spiro atoms. The summed E-state index contributed by atoms with van der Waals surface area (Å²) >= 11 is 0. The van der Waals surface area contributed by atoms with Crippen molar-refractivity contribution in [1.82, 2.24) is 0 Å². The van der Waals surface area contributed by atoms with Crippen molar-refractivity contribution >= 4 is 17.3 Å². The Morgan fingerprint density at radius 1 is 0.968 bits per heavy atom. The number of nitrogens with one attached hydrogen (secondary N) is 1. The van der Waals surface area contributed by atoms with Crippen molar-refractivity contribution in [3.8, 4) is 6.07 Å². The van der Waals surface area contributed by atoms with E-state index in [0.717, 1.165) is 23.4 Å². The molecule has 3 rings (SSSR count). The van der Waals surface area contributed by atoms with E-state index in [1.165, 1.54) is 18.3 Å². The molecule has 0 saturated heterocycles. The number of para-hydroxylation sites is 1. The fraction of sp³-hybridized carbons (Fsp3) is 0.0833. The minimum atomic E-state index is -4.53. The maximum Gasteiger partial charge on any atom is 0.416 e. The first kappa shape index (κ1) is 21.7. The predicted octanol–water partition coefficient (Wildman–Crippen LogP) is 5.76. The van der Waals surface area contributed by atoms with E-state index in [0.29, 0.717) is 6.54 Å². The molecule has 156 valence electrons. The average Bonchev–Trinajstić information content (AvgIpc) is 2.77. The fourth-order valence-corrected chi connectivity index (χ4v) is 2.88. The van der Waals surface area contributed by atoms with Crippen LogP contribution in [0.15, 0.2) is 96.7 Å². The van der Waals surface area contributed by atoms with E-state index in [1.807, 2.05) is 66.7 Å². The second-order valence-corrected chi connectivity index (χ2v) is 6.64. The molecule has 0 radical (unpaired) electrons. The lowest BCUT2D eigenvalue weighted by Gasteiger charge is -2.21. The smallest absolute Gasteiger partial charge is 0.342 e. The Balaban J connectivity index is 1.87. The number of rotatable bonds is 6. The largest absolute Gasteiger partial charge is 0.416 e. The maximum atomic E-state index is 12.9. The molecule has 0 bridgehead atoms. The SMILES string of the molecule is N#C/C(=C/N(Cc1ccccc1)c1ccccc1)C(=O)Nc1cccc(C(F)(F)F)c1. The summed E-state index contributed by atoms with van der Waals surface area (Å²) in [5.74, 6) is -0.796. The number of anilines is 2. The summed E-state index contributed by atoms with van der Waals surface area (Å²) in [7, 11) is 0. The first-order valence-corrected chi connectivity index (χ1v) is 9.33. The standard InChI is InChI=1S/C24H18F3N3O/c25-24(26,27)20-10-7-11-21(14-20)29-23(31)19(15-28)17-30(22-12-5-2-6-13-22)16-18-8-3-1-4-9-18/h1-14,17H,16H2,(H,29,31)/b19-17-. The van der Waals surface area contributed by atoms with Crippen LogP contribution in [0.25, 0.3) is 0 Å². The van der Waals surface area contributed by atoms with Gasteiger partial charge in [-0.15, -0.1) is 0 Å². The number of halogens is 3. The fourth-order valence-electron chi connectivity index (χ4n) is 2.88. The minimum Gasteiger partial charge on any atom is -0.342 e. The molecule has 1 amide bonds. The monoisotopic (exact) mass is 421 g/mol. The van der Waals surface area contributed by atoms with Crippen molar-refractivity contribution in [2.24, 2.45) is 0 Å². The highest BCUT2D eigenvalue weighted by molar-refractivity contribution is 6.06. The van der Waals surface area contributed by atoms with E-state index in [4.69, 9.17) is 0 Å². The van der Waals surface area contributed by atoms with Gasteiger partial charge in [-0.3, -0.25) is 4.79 Å². The van der Waals surface area contributed by atoms with E-state index in [9.17, 15) is 23.2 Å². The van der Waals surface area contributed by atoms with Gasteiger partial charge in [0.05, 0.1) is 5.56 Å². The zero-order valence-electron chi connectivity index (χ0n) is 16.3. The Labute approximate surface area is 177 Å². The van der Waals surface area contributed by atoms with Crippen LogP contribution in [0.3, 0.4) is 0 Å². The molecule has 0 heterocycles. The quantitative estimate of drug-likeness (QED) is 0.407. The van der Waals surface area contributed by atoms with Gasteiger partial charge >= 0.3 is 6.18 Å². The van der Waals surface area contributed by atoms with E-state index in [1.54, 1.807) is 4.90 Å². The van der Waals surface area contributed by atoms with Crippen LogP contribution in [0.5, 0.6) is 0 Å². The minimum absolute atomic E-state index is 0.0460. The lowest BCUT2D eigenvalue weighted by atomic mass is 10.1. The molecule has 0 aliphatic carbocycles. The topological polar surface area (TPSA) is 56.1 Å². The van der Waals surface area contributed by atoms with E-state index in [2.05, 4.69) is 5.32 Å². The number of hydrogen-bond donors (Lipinski definition) is 1. The summed E-state index contributed by atoms with van der Waals surface area (Å²) in [6, 6.07) is 24.8. The summed E-state index contributed by atoms with van der Waals surface area (Å²) in [5.41, 5.74) is 0.541. The Hall–Kier alpha value is -4.05. The highest BCUT2D eigenvalue weighted by Gasteiger charge is 2.30. The number of nitriles is 1. The van der Waals surface area contributed by atoms with Crippen LogP contribution in [0.2, 0.25) is 0 Å². The van der Waals surface area contributed by atoms with Crippen LogP contribution < -0.4 is 10.2 Å². The van der Waals surface area contributed by atoms with E-state index in [-0.39, 0.29) is 11.3 Å². The van der Waals surface area contributed by atoms with Gasteiger partial charge in [0, 0.05) is 24.1 Å². The highest BCUT2D eigenvalue weighted by atomic mass is 19.4. The molecule has 7 heteroatoms. The number of nitrogens with zero attached hydrogens (tertiary/aromatic N) is 2. The van der Waals surface area contributed by atoms with Gasteiger partial charge in [0.1, 0.15) is 11.6 Å². The van der Waals surface area contributed by atoms with Crippen LogP contribution in [0.4, 0.5) is 24.5 Å². The van der Waals surface area contributed by atoms with Gasteiger partial charge in [-0.25, -0.2) is 0 Å². The average molecular weight is 421 g/mol. The van der Waals surface area contributed by atoms with E-state index >= 15 is 0 Å². The molecule has 4 nitrogen and oxygen atoms in total. The molecule has 0 saturated carbocycles. The zero-order chi connectivity index (χ0) is 22.3. The summed E-state index contributed by atoms with van der Waals surface area (Å²) in [6.45, 7) is 0.396. The van der Waals surface area contributed by atoms with Gasteiger partial charge in [-0.05, 0) is 35.9 Å². The van der Waals surface area contributed by atoms with Gasteiger partial charge in [0.15, 0.2) is 0 Å². The summed E-state index contributed by atoms with van der Waals surface area (Å²) in [4.78, 5) is 14.3. The van der Waals surface area contributed by atoms with E-state index < -0.39 is 17.6 Å². The van der Waals surface area contributed by atoms with Gasteiger partial charge in [-0.2, -0.15) is 18.4 Å². The van der Waals surface area contributed by atoms with Crippen molar-refractivity contribution in [3.63, 3.8) is 0 Å². The second kappa shape index (κ2) is 9.63. The predicted molar refractivity (Wildman–Crippen MR) is 113 cm³/mol. The number of carbonyl (C=O) groups excluding carboxylic acids is 1. The molecular formula is C24H18F3N3O. The molecule has 0 fully saturated rings. The lowest BCUT2D eigenvalue weighted by molar-refractivity contribution is -0.137. The summed E-state index contributed by atoms with van der Waals surface area (Å²) in [5, 5.41) is 11.9. The van der Waals surface area contributed by atoms with Gasteiger partial charge < -0.3 is 10.2 Å². The van der Waals surface area contributed by atoms with Gasteiger partial charge in [0.2, 0.25) is 0 Å². The number of hydrogen-bond acceptors (Lipinski definition) is 3. The number of amides is 1. The van der Waals surface area contributed by atoms with Gasteiger partial charge in [-0.1, -0.05) is 54.6 Å². The first-order valence-electron chi connectivity index (χ1n) is 9.33. The third-order valence-corrected chi connectivity index (χ3v) is 4.38. The first-order chi connectivity index (χ1) is 14.9. The van der Waals surface area contributed by atoms with Crippen LogP contribution in [-0.2, 0) is 17.5 Å². The second-order valence-electron chi connectivity index (χ2n) is 6.64. The Kier molecular flexibility index (Phi) is 6.73. The number of carbonyl (C=O) groups is 1. The van der Waals surface area contributed by atoms with Crippen LogP contribution in [0.1, 0.15) is 11.1 Å². The third kappa shape index (κ3) is 5.97. The van der Waals surface area contributed by atoms with Gasteiger partial charge in [0.25, 0.3) is 5.91 Å². The molecule has 0 aliphatic heterocycles. The molecule has 1 N–H and O–H groups in total. The van der Waals surface area contributed by atoms with Crippen molar-refractivity contribution in [2.45, 2.75) is 12.7 Å². The maximum absolute atomic E-state index is 12.9. The number of alkyl halides is 3. The molecule has 31 heavy (non-hydrogen) atoms. The molecule has 3 aromatic rings. The Morgan fingerprint density at radius 3 is 2.23 bits per heavy atom. The summed E-state index contributed by atoms with van der Waals surface area (Å²) in [6.07, 6.45) is -3.14. The molecule has 0 aliphatic rings. The molecule has 0 aromatic heterocycles. The van der Waals surface area contributed by atoms with Crippen LogP contribution in [0, 0.1) is 11.3 Å². The van der Waals surface area contributed by atoms with Crippen LogP contribution in [-0.4, -0.2) is 5.91 Å². The number of benzene rings is 3. The molecule has 0 unspecified atom stereocenters. The van der Waals surface area contributed by atoms with Crippen molar-refractivity contribution in [2.75, 3.05) is 10.2 Å². The van der Waals surface area contributed by atoms with Crippen molar-refractivity contribution in [1.29, 1.82) is 5.26 Å². The summed E-state index contributed by atoms with van der Waals surface area (Å²) < 4.78 is 38.7. The molecular weight excluding hydrogens is 403 g/mol. The van der Waals surface area contributed by atoms with Crippen molar-refractivity contribution < 1.29 is 18.0 Å². The van der Waals surface area contributed by atoms with Crippen molar-refractivity contribution in [3.05, 3.63) is 108 Å². The third-order valence-electron chi connectivity index (χ3n) is 4.38. The highest BCUT2D eigenvalue weighted by Crippen LogP contribution is 2.30.